The van der Waals surface area contributed by atoms with Crippen LogP contribution in [0.2, 0.25) is 0 Å². The van der Waals surface area contributed by atoms with Crippen molar-refractivity contribution >= 4 is 22.2 Å². The van der Waals surface area contributed by atoms with Gasteiger partial charge in [-0.1, -0.05) is 54.6 Å². The number of halogens is 1. The fourth-order valence-corrected chi connectivity index (χ4v) is 3.50. The van der Waals surface area contributed by atoms with Gasteiger partial charge in [-0.3, -0.25) is 4.79 Å². The first-order valence-electron chi connectivity index (χ1n) is 8.59. The molecule has 3 aromatic carbocycles. The van der Waals surface area contributed by atoms with E-state index in [0.29, 0.717) is 5.56 Å². The number of carbonyl (C=O) groups is 1. The minimum Gasteiger partial charge on any atom is -0.378 e. The lowest BCUT2D eigenvalue weighted by atomic mass is 10.1. The molecule has 0 fully saturated rings. The van der Waals surface area contributed by atoms with Crippen molar-refractivity contribution in [2.24, 2.45) is 5.10 Å². The number of hydrogen-bond donors (Lipinski definition) is 1. The van der Waals surface area contributed by atoms with Crippen molar-refractivity contribution < 1.29 is 21.8 Å². The van der Waals surface area contributed by atoms with Crippen LogP contribution in [0.3, 0.4) is 0 Å². The Labute approximate surface area is 167 Å². The number of rotatable bonds is 7. The maximum Gasteiger partial charge on any atom is 0.342 e. The molecular weight excluding hydrogens is 395 g/mol. The first-order chi connectivity index (χ1) is 14.0. The molecule has 1 N–H and O–H groups in total. The molecule has 8 heteroatoms. The van der Waals surface area contributed by atoms with Crippen molar-refractivity contribution in [1.82, 2.24) is 5.43 Å². The van der Waals surface area contributed by atoms with Crippen molar-refractivity contribution in [2.45, 2.75) is 11.3 Å². The highest BCUT2D eigenvalue weighted by atomic mass is 32.2. The van der Waals surface area contributed by atoms with Gasteiger partial charge in [-0.15, -0.1) is 0 Å². The van der Waals surface area contributed by atoms with E-state index in [1.807, 2.05) is 30.3 Å². The van der Waals surface area contributed by atoms with Gasteiger partial charge in [0.15, 0.2) is 5.75 Å². The fourth-order valence-electron chi connectivity index (χ4n) is 2.47. The largest absolute Gasteiger partial charge is 0.378 e. The third kappa shape index (κ3) is 5.49. The summed E-state index contributed by atoms with van der Waals surface area (Å²) in [6, 6.07) is 20.3. The van der Waals surface area contributed by atoms with Gasteiger partial charge in [-0.05, 0) is 29.8 Å². The highest BCUT2D eigenvalue weighted by Gasteiger charge is 2.21. The zero-order valence-electron chi connectivity index (χ0n) is 15.2. The minimum atomic E-state index is -4.37. The third-order valence-corrected chi connectivity index (χ3v) is 5.09. The zero-order chi connectivity index (χ0) is 20.7. The van der Waals surface area contributed by atoms with E-state index < -0.39 is 20.8 Å². The molecule has 0 radical (unpaired) electrons. The number of hydrogen-bond acceptors (Lipinski definition) is 5. The van der Waals surface area contributed by atoms with E-state index in [9.17, 15) is 17.6 Å². The number of amides is 1. The molecule has 0 aliphatic heterocycles. The van der Waals surface area contributed by atoms with Gasteiger partial charge in [0.25, 0.3) is 0 Å². The maximum absolute atomic E-state index is 13.8. The Morgan fingerprint density at radius 2 is 1.62 bits per heavy atom. The van der Waals surface area contributed by atoms with E-state index in [1.165, 1.54) is 24.4 Å². The second-order valence-corrected chi connectivity index (χ2v) is 7.48. The van der Waals surface area contributed by atoms with E-state index in [1.54, 1.807) is 18.2 Å². The Bertz CT molecular complexity index is 1130. The predicted molar refractivity (Wildman–Crippen MR) is 107 cm³/mol. The summed E-state index contributed by atoms with van der Waals surface area (Å²) in [5.41, 5.74) is 3.51. The second kappa shape index (κ2) is 9.11. The van der Waals surface area contributed by atoms with Crippen LogP contribution in [0.25, 0.3) is 0 Å². The van der Waals surface area contributed by atoms with Crippen LogP contribution < -0.4 is 9.61 Å². The molecule has 0 aromatic heterocycles. The summed E-state index contributed by atoms with van der Waals surface area (Å²) in [7, 11) is -4.37. The van der Waals surface area contributed by atoms with Gasteiger partial charge in [0.1, 0.15) is 10.7 Å². The number of hydrazone groups is 1. The number of nitrogens with zero attached hydrogens (tertiary/aromatic N) is 1. The Morgan fingerprint density at radius 1 is 0.966 bits per heavy atom. The monoisotopic (exact) mass is 412 g/mol. The van der Waals surface area contributed by atoms with Crippen LogP contribution in [0.15, 0.2) is 88.9 Å². The molecule has 0 aliphatic rings. The second-order valence-electron chi connectivity index (χ2n) is 5.96. The molecule has 0 aliphatic carbocycles. The number of carbonyl (C=O) groups excluding carboxylic acids is 1. The summed E-state index contributed by atoms with van der Waals surface area (Å²) < 4.78 is 43.7. The lowest BCUT2D eigenvalue weighted by molar-refractivity contribution is -0.120. The first-order valence-corrected chi connectivity index (χ1v) is 10.0. The molecule has 148 valence electrons. The summed E-state index contributed by atoms with van der Waals surface area (Å²) >= 11 is 0. The standard InChI is InChI=1S/C21H17FN2O4S/c22-18-11-5-7-13-20(18)29(26,27)28-19-12-6-4-10-17(19)15-23-24-21(25)14-16-8-2-1-3-9-16/h1-13,15H,14H2,(H,24,25). The van der Waals surface area contributed by atoms with E-state index in [4.69, 9.17) is 4.18 Å². The third-order valence-electron chi connectivity index (χ3n) is 3.82. The number of benzene rings is 3. The van der Waals surface area contributed by atoms with Crippen LogP contribution >= 0.6 is 0 Å². The van der Waals surface area contributed by atoms with Gasteiger partial charge in [0.05, 0.1) is 12.6 Å². The molecule has 0 unspecified atom stereocenters. The molecule has 0 heterocycles. The molecule has 3 rings (SSSR count). The Hall–Kier alpha value is -3.52. The molecule has 0 bridgehead atoms. The molecule has 0 atom stereocenters. The van der Waals surface area contributed by atoms with Crippen molar-refractivity contribution in [3.8, 4) is 5.75 Å². The van der Waals surface area contributed by atoms with E-state index in [0.717, 1.165) is 17.7 Å². The molecule has 0 spiro atoms. The van der Waals surface area contributed by atoms with Crippen LogP contribution in [0.4, 0.5) is 4.39 Å². The smallest absolute Gasteiger partial charge is 0.342 e. The highest BCUT2D eigenvalue weighted by Crippen LogP contribution is 2.23. The molecule has 0 saturated carbocycles. The summed E-state index contributed by atoms with van der Waals surface area (Å²) in [6.07, 6.45) is 1.41. The van der Waals surface area contributed by atoms with Gasteiger partial charge in [-0.25, -0.2) is 9.82 Å². The van der Waals surface area contributed by atoms with Crippen LogP contribution in [-0.2, 0) is 21.3 Å². The molecule has 0 saturated heterocycles. The van der Waals surface area contributed by atoms with Crippen molar-refractivity contribution in [3.05, 3.63) is 95.8 Å². The summed E-state index contributed by atoms with van der Waals surface area (Å²) in [4.78, 5) is 11.4. The average molecular weight is 412 g/mol. The summed E-state index contributed by atoms with van der Waals surface area (Å²) in [5, 5.41) is 3.85. The van der Waals surface area contributed by atoms with Gasteiger partial charge < -0.3 is 4.18 Å². The minimum absolute atomic E-state index is 0.0446. The van der Waals surface area contributed by atoms with Gasteiger partial charge >= 0.3 is 10.1 Å². The van der Waals surface area contributed by atoms with Crippen LogP contribution in [0.5, 0.6) is 5.75 Å². The molecule has 1 amide bonds. The van der Waals surface area contributed by atoms with Crippen molar-refractivity contribution in [1.29, 1.82) is 0 Å². The van der Waals surface area contributed by atoms with Crippen molar-refractivity contribution in [3.63, 3.8) is 0 Å². The first kappa shape index (κ1) is 20.2. The quantitative estimate of drug-likeness (QED) is 0.367. The molecular formula is C21H17FN2O4S. The highest BCUT2D eigenvalue weighted by molar-refractivity contribution is 7.87. The van der Waals surface area contributed by atoms with Gasteiger partial charge in [0, 0.05) is 5.56 Å². The SMILES string of the molecule is O=C(Cc1ccccc1)NN=Cc1ccccc1OS(=O)(=O)c1ccccc1F. The average Bonchev–Trinajstić information content (AvgIpc) is 2.70. The van der Waals surface area contributed by atoms with E-state index in [2.05, 4.69) is 10.5 Å². The van der Waals surface area contributed by atoms with Gasteiger partial charge in [-0.2, -0.15) is 13.5 Å². The lowest BCUT2D eigenvalue weighted by Crippen LogP contribution is -2.19. The maximum atomic E-state index is 13.8. The van der Waals surface area contributed by atoms with Crippen LogP contribution in [0, 0.1) is 5.82 Å². The molecule has 29 heavy (non-hydrogen) atoms. The summed E-state index contributed by atoms with van der Waals surface area (Å²) in [6.45, 7) is 0. The van der Waals surface area contributed by atoms with Gasteiger partial charge in [0.2, 0.25) is 5.91 Å². The predicted octanol–water partition coefficient (Wildman–Crippen LogP) is 3.29. The lowest BCUT2D eigenvalue weighted by Gasteiger charge is -2.09. The van der Waals surface area contributed by atoms with Crippen LogP contribution in [0.1, 0.15) is 11.1 Å². The Morgan fingerprint density at radius 3 is 2.38 bits per heavy atom. The molecule has 3 aromatic rings. The normalized spacial score (nSPS) is 11.3. The fraction of sp³-hybridized carbons (Fsp3) is 0.0476. The number of para-hydroxylation sites is 1. The van der Waals surface area contributed by atoms with Crippen molar-refractivity contribution in [2.75, 3.05) is 0 Å². The summed E-state index contributed by atoms with van der Waals surface area (Å²) in [5.74, 6) is -1.28. The van der Waals surface area contributed by atoms with E-state index in [-0.39, 0.29) is 18.1 Å². The number of nitrogens with one attached hydrogen (secondary N) is 1. The Balaban J connectivity index is 1.71. The molecule has 6 nitrogen and oxygen atoms in total. The Kier molecular flexibility index (Phi) is 6.36. The zero-order valence-corrected chi connectivity index (χ0v) is 16.0. The van der Waals surface area contributed by atoms with Crippen LogP contribution in [-0.4, -0.2) is 20.5 Å². The van der Waals surface area contributed by atoms with E-state index >= 15 is 0 Å². The topological polar surface area (TPSA) is 84.8 Å².